The number of aromatic amines is 2. The number of H-pyrrole nitrogens is 2. The van der Waals surface area contributed by atoms with Crippen LogP contribution < -0.4 is 10.0 Å². The Morgan fingerprint density at radius 2 is 1.84 bits per heavy atom. The predicted octanol–water partition coefficient (Wildman–Crippen LogP) is 4.91. The predicted molar refractivity (Wildman–Crippen MR) is 158 cm³/mol. The molecule has 0 aliphatic carbocycles. The van der Waals surface area contributed by atoms with Gasteiger partial charge in [-0.3, -0.25) is 19.9 Å². The highest BCUT2D eigenvalue weighted by molar-refractivity contribution is 7.88. The van der Waals surface area contributed by atoms with E-state index in [9.17, 15) is 17.6 Å². The van der Waals surface area contributed by atoms with Crippen LogP contribution in [0.3, 0.4) is 0 Å². The summed E-state index contributed by atoms with van der Waals surface area (Å²) in [6.07, 6.45) is 5.67. The molecular weight excluding hydrogens is 578 g/mol. The number of hydrogen-bond acceptors (Lipinski definition) is 7. The van der Waals surface area contributed by atoms with Crippen LogP contribution in [0.5, 0.6) is 0 Å². The number of amides is 1. The molecule has 0 aliphatic heterocycles. The summed E-state index contributed by atoms with van der Waals surface area (Å²) in [7, 11) is -3.47. The first-order valence-electron chi connectivity index (χ1n) is 13.1. The number of rotatable bonds is 8. The number of fused-ring (bicyclic) bond motifs is 2. The van der Waals surface area contributed by atoms with Crippen molar-refractivity contribution in [2.75, 3.05) is 11.6 Å². The highest BCUT2D eigenvalue weighted by atomic mass is 32.2. The van der Waals surface area contributed by atoms with Crippen molar-refractivity contribution in [3.63, 3.8) is 0 Å². The molecule has 4 heterocycles. The second kappa shape index (κ2) is 11.0. The third kappa shape index (κ3) is 5.69. The molecule has 0 unspecified atom stereocenters. The Morgan fingerprint density at radius 1 is 1.00 bits per heavy atom. The summed E-state index contributed by atoms with van der Waals surface area (Å²) in [4.78, 5) is 28.1. The topological polar surface area (TPSA) is 158 Å². The van der Waals surface area contributed by atoms with Gasteiger partial charge in [0.05, 0.1) is 46.3 Å². The maximum absolute atomic E-state index is 16.1. The quantitative estimate of drug-likeness (QED) is 0.193. The standard InChI is InChI=1S/C29H24F2N8O3S/c1-3-23(40)35-19-10-17(12-32-13-19)26-25(31)24-22(14-33-26)38-39-28(24)29-36-21-6-4-5-20(27(21)37-29)16-7-15(8-18(30)9-16)11-34-43(2,41)42/h4-10,12-14,34H,3,11H2,1-2H3,(H,35,40)(H,36,37)(H,38,39). The monoisotopic (exact) mass is 602 g/mol. The zero-order chi connectivity index (χ0) is 30.3. The van der Waals surface area contributed by atoms with Crippen LogP contribution in [0.2, 0.25) is 0 Å². The number of halogens is 2. The summed E-state index contributed by atoms with van der Waals surface area (Å²) >= 11 is 0. The molecule has 0 saturated carbocycles. The number of carbonyl (C=O) groups is 1. The third-order valence-electron chi connectivity index (χ3n) is 6.71. The van der Waals surface area contributed by atoms with Crippen LogP contribution in [0.4, 0.5) is 14.5 Å². The van der Waals surface area contributed by atoms with Crippen molar-refractivity contribution in [3.8, 4) is 33.9 Å². The molecule has 6 aromatic rings. The molecule has 14 heteroatoms. The lowest BCUT2D eigenvalue weighted by Crippen LogP contribution is -2.21. The molecule has 2 aromatic carbocycles. The average molecular weight is 603 g/mol. The van der Waals surface area contributed by atoms with Gasteiger partial charge in [-0.2, -0.15) is 5.10 Å². The van der Waals surface area contributed by atoms with E-state index in [1.54, 1.807) is 37.3 Å². The molecule has 4 N–H and O–H groups in total. The van der Waals surface area contributed by atoms with Crippen molar-refractivity contribution in [1.82, 2.24) is 34.9 Å². The Balaban J connectivity index is 1.42. The molecule has 43 heavy (non-hydrogen) atoms. The smallest absolute Gasteiger partial charge is 0.224 e. The molecular formula is C29H24F2N8O3S. The van der Waals surface area contributed by atoms with Crippen LogP contribution in [-0.2, 0) is 21.4 Å². The van der Waals surface area contributed by atoms with Crippen LogP contribution in [-0.4, -0.2) is 50.7 Å². The van der Waals surface area contributed by atoms with Gasteiger partial charge in [-0.1, -0.05) is 19.1 Å². The lowest BCUT2D eigenvalue weighted by molar-refractivity contribution is -0.115. The van der Waals surface area contributed by atoms with Gasteiger partial charge >= 0.3 is 0 Å². The van der Waals surface area contributed by atoms with E-state index in [2.05, 4.69) is 35.2 Å². The molecule has 0 spiro atoms. The van der Waals surface area contributed by atoms with Crippen LogP contribution >= 0.6 is 0 Å². The first kappa shape index (κ1) is 28.1. The van der Waals surface area contributed by atoms with Crippen molar-refractivity contribution in [3.05, 3.63) is 78.3 Å². The molecule has 0 atom stereocenters. The Labute approximate surface area is 243 Å². The Bertz CT molecular complexity index is 2140. The summed E-state index contributed by atoms with van der Waals surface area (Å²) in [6, 6.07) is 11.2. The Morgan fingerprint density at radius 3 is 2.63 bits per heavy atom. The van der Waals surface area contributed by atoms with E-state index in [1.165, 1.54) is 30.7 Å². The average Bonchev–Trinajstić information content (AvgIpc) is 3.60. The second-order valence-electron chi connectivity index (χ2n) is 9.87. The van der Waals surface area contributed by atoms with E-state index < -0.39 is 21.7 Å². The number of anilines is 1. The number of pyridine rings is 2. The largest absolute Gasteiger partial charge is 0.337 e. The van der Waals surface area contributed by atoms with E-state index in [0.29, 0.717) is 44.5 Å². The van der Waals surface area contributed by atoms with E-state index in [4.69, 9.17) is 4.98 Å². The lowest BCUT2D eigenvalue weighted by Gasteiger charge is -2.08. The number of benzene rings is 2. The second-order valence-corrected chi connectivity index (χ2v) is 11.7. The summed E-state index contributed by atoms with van der Waals surface area (Å²) in [5, 5.41) is 9.95. The van der Waals surface area contributed by atoms with Crippen molar-refractivity contribution < 1.29 is 22.0 Å². The lowest BCUT2D eigenvalue weighted by atomic mass is 10.0. The van der Waals surface area contributed by atoms with Crippen LogP contribution in [0.1, 0.15) is 18.9 Å². The maximum Gasteiger partial charge on any atom is 0.224 e. The van der Waals surface area contributed by atoms with Gasteiger partial charge in [0, 0.05) is 30.3 Å². The van der Waals surface area contributed by atoms with Crippen molar-refractivity contribution >= 4 is 43.6 Å². The first-order valence-corrected chi connectivity index (χ1v) is 15.0. The molecule has 0 bridgehead atoms. The maximum atomic E-state index is 16.1. The Hall–Kier alpha value is -5.08. The number of nitrogens with zero attached hydrogens (tertiary/aromatic N) is 4. The zero-order valence-corrected chi connectivity index (χ0v) is 23.7. The van der Waals surface area contributed by atoms with Gasteiger partial charge in [0.15, 0.2) is 11.6 Å². The van der Waals surface area contributed by atoms with Gasteiger partial charge in [-0.25, -0.2) is 26.9 Å². The number of sulfonamides is 1. The number of para-hydroxylation sites is 1. The molecule has 218 valence electrons. The van der Waals surface area contributed by atoms with E-state index in [1.807, 2.05) is 0 Å². The van der Waals surface area contributed by atoms with Gasteiger partial charge in [-0.15, -0.1) is 0 Å². The van der Waals surface area contributed by atoms with Gasteiger partial charge in [0.1, 0.15) is 17.2 Å². The Kier molecular flexibility index (Phi) is 7.15. The van der Waals surface area contributed by atoms with Gasteiger partial charge in [0.2, 0.25) is 15.9 Å². The van der Waals surface area contributed by atoms with Crippen molar-refractivity contribution in [2.24, 2.45) is 0 Å². The van der Waals surface area contributed by atoms with Crippen molar-refractivity contribution in [1.29, 1.82) is 0 Å². The summed E-state index contributed by atoms with van der Waals surface area (Å²) in [5.41, 5.74) is 3.92. The highest BCUT2D eigenvalue weighted by Gasteiger charge is 2.22. The van der Waals surface area contributed by atoms with E-state index in [0.717, 1.165) is 6.26 Å². The van der Waals surface area contributed by atoms with Crippen LogP contribution in [0.15, 0.2) is 61.1 Å². The van der Waals surface area contributed by atoms with Crippen molar-refractivity contribution in [2.45, 2.75) is 19.9 Å². The summed E-state index contributed by atoms with van der Waals surface area (Å²) in [6.45, 7) is 1.64. The number of aromatic nitrogens is 6. The fraction of sp³-hybridized carbons (Fsp3) is 0.138. The molecule has 1 amide bonds. The minimum atomic E-state index is -3.47. The molecule has 0 radical (unpaired) electrons. The first-order chi connectivity index (χ1) is 20.6. The number of nitrogens with one attached hydrogen (secondary N) is 4. The zero-order valence-electron chi connectivity index (χ0n) is 22.9. The molecule has 0 fully saturated rings. The fourth-order valence-corrected chi connectivity index (χ4v) is 5.16. The van der Waals surface area contributed by atoms with Gasteiger partial charge < -0.3 is 10.3 Å². The number of carbonyl (C=O) groups excluding carboxylic acids is 1. The normalized spacial score (nSPS) is 11.8. The van der Waals surface area contributed by atoms with E-state index >= 15 is 4.39 Å². The van der Waals surface area contributed by atoms with Gasteiger partial charge in [0.25, 0.3) is 0 Å². The van der Waals surface area contributed by atoms with E-state index in [-0.39, 0.29) is 41.5 Å². The van der Waals surface area contributed by atoms with Crippen LogP contribution in [0, 0.1) is 11.6 Å². The summed E-state index contributed by atoms with van der Waals surface area (Å²) < 4.78 is 56.1. The molecule has 11 nitrogen and oxygen atoms in total. The van der Waals surface area contributed by atoms with Crippen LogP contribution in [0.25, 0.3) is 55.8 Å². The minimum Gasteiger partial charge on any atom is -0.337 e. The fourth-order valence-electron chi connectivity index (χ4n) is 4.73. The van der Waals surface area contributed by atoms with Gasteiger partial charge in [-0.05, 0) is 41.5 Å². The molecule has 6 rings (SSSR count). The number of imidazole rings is 1. The minimum absolute atomic E-state index is 0.0158. The molecule has 0 saturated heterocycles. The molecule has 4 aromatic heterocycles. The number of hydrogen-bond donors (Lipinski definition) is 4. The highest BCUT2D eigenvalue weighted by Crippen LogP contribution is 2.35. The summed E-state index contributed by atoms with van der Waals surface area (Å²) in [5.74, 6) is -1.13. The molecule has 0 aliphatic rings. The third-order valence-corrected chi connectivity index (χ3v) is 7.37. The SMILES string of the molecule is CCC(=O)Nc1cncc(-c2ncc3[nH]nc(-c4nc5c(-c6cc(F)cc(CNS(C)(=O)=O)c6)cccc5[nH]4)c3c2F)c1.